The van der Waals surface area contributed by atoms with E-state index in [1.165, 1.54) is 6.07 Å². The van der Waals surface area contributed by atoms with Gasteiger partial charge in [-0.3, -0.25) is 4.79 Å². The summed E-state index contributed by atoms with van der Waals surface area (Å²) in [6.07, 6.45) is 3.44. The molecule has 0 aliphatic carbocycles. The lowest BCUT2D eigenvalue weighted by Crippen LogP contribution is -2.38. The minimum Gasteiger partial charge on any atom is -0.452 e. The van der Waals surface area contributed by atoms with E-state index in [0.717, 1.165) is 25.7 Å². The highest BCUT2D eigenvalue weighted by molar-refractivity contribution is 9.10. The molecule has 2 atom stereocenters. The Bertz CT molecular complexity index is 908. The van der Waals surface area contributed by atoms with Gasteiger partial charge in [-0.2, -0.15) is 0 Å². The van der Waals surface area contributed by atoms with Crippen molar-refractivity contribution >= 4 is 27.7 Å². The van der Waals surface area contributed by atoms with Gasteiger partial charge in [0.1, 0.15) is 18.5 Å². The maximum Gasteiger partial charge on any atom is 0.337 e. The lowest BCUT2D eigenvalue weighted by atomic mass is 9.78. The van der Waals surface area contributed by atoms with E-state index in [1.807, 2.05) is 0 Å². The largest absolute Gasteiger partial charge is 0.452 e. The molecule has 28 heavy (non-hydrogen) atoms. The number of Topliss-reactive ketones (excluding diaryl/α,β-unsaturated/α-hetero) is 1. The molecule has 0 spiro atoms. The number of esters is 1. The molecular formula is C21H21BrFNO4. The molecule has 3 heterocycles. The zero-order valence-corrected chi connectivity index (χ0v) is 17.1. The smallest absolute Gasteiger partial charge is 0.337 e. The highest BCUT2D eigenvalue weighted by Crippen LogP contribution is 2.45. The third-order valence-electron chi connectivity index (χ3n) is 5.40. The van der Waals surface area contributed by atoms with E-state index in [0.29, 0.717) is 32.6 Å². The van der Waals surface area contributed by atoms with Gasteiger partial charge in [0.2, 0.25) is 0 Å². The summed E-state index contributed by atoms with van der Waals surface area (Å²) in [5.74, 6) is -1.57. The second kappa shape index (κ2) is 7.79. The lowest BCUT2D eigenvalue weighted by molar-refractivity contribution is -0.140. The molecule has 3 aliphatic rings. The molecule has 1 N–H and O–H groups in total. The predicted molar refractivity (Wildman–Crippen MR) is 104 cm³/mol. The molecule has 0 aromatic heterocycles. The van der Waals surface area contributed by atoms with Crippen molar-refractivity contribution in [2.75, 3.05) is 13.2 Å². The molecule has 1 aromatic rings. The van der Waals surface area contributed by atoms with Crippen LogP contribution in [0.3, 0.4) is 0 Å². The topological polar surface area (TPSA) is 64.6 Å². The fraction of sp³-hybridized carbons (Fsp3) is 0.429. The summed E-state index contributed by atoms with van der Waals surface area (Å²) in [5, 5.41) is 3.26. The number of ether oxygens (including phenoxy) is 2. The number of carbonyl (C=O) groups is 2. The van der Waals surface area contributed by atoms with Gasteiger partial charge in [0.25, 0.3) is 0 Å². The number of nitrogens with one attached hydrogen (secondary N) is 1. The Balaban J connectivity index is 1.80. The highest BCUT2D eigenvalue weighted by Gasteiger charge is 2.46. The van der Waals surface area contributed by atoms with E-state index in [1.54, 1.807) is 12.1 Å². The van der Waals surface area contributed by atoms with Crippen molar-refractivity contribution in [3.05, 3.63) is 56.6 Å². The van der Waals surface area contributed by atoms with Crippen LogP contribution in [0, 0.1) is 5.82 Å². The Morgan fingerprint density at radius 2 is 2.04 bits per heavy atom. The number of unbranched alkanes of at least 4 members (excludes halogenated alkanes) is 2. The van der Waals surface area contributed by atoms with Crippen molar-refractivity contribution in [3.63, 3.8) is 0 Å². The maximum atomic E-state index is 13.8. The maximum absolute atomic E-state index is 13.8. The number of carbonyl (C=O) groups excluding carboxylic acids is 2. The Morgan fingerprint density at radius 1 is 1.21 bits per heavy atom. The van der Waals surface area contributed by atoms with Gasteiger partial charge in [-0.05, 0) is 46.5 Å². The number of benzene rings is 1. The summed E-state index contributed by atoms with van der Waals surface area (Å²) < 4.78 is 25.1. The first-order valence-corrected chi connectivity index (χ1v) is 10.3. The molecule has 0 amide bonds. The van der Waals surface area contributed by atoms with E-state index < -0.39 is 17.7 Å². The molecular weight excluding hydrogens is 429 g/mol. The van der Waals surface area contributed by atoms with Crippen LogP contribution in [0.4, 0.5) is 4.39 Å². The van der Waals surface area contributed by atoms with Crippen molar-refractivity contribution in [1.29, 1.82) is 0 Å². The predicted octanol–water partition coefficient (Wildman–Crippen LogP) is 3.89. The van der Waals surface area contributed by atoms with Gasteiger partial charge in [0.05, 0.1) is 22.3 Å². The Morgan fingerprint density at radius 3 is 2.79 bits per heavy atom. The fourth-order valence-corrected chi connectivity index (χ4v) is 4.48. The lowest BCUT2D eigenvalue weighted by Gasteiger charge is -2.32. The van der Waals surface area contributed by atoms with Gasteiger partial charge in [-0.1, -0.05) is 25.8 Å². The summed E-state index contributed by atoms with van der Waals surface area (Å²) in [7, 11) is 0. The van der Waals surface area contributed by atoms with E-state index in [4.69, 9.17) is 9.47 Å². The quantitative estimate of drug-likeness (QED) is 0.545. The minimum atomic E-state index is -0.580. The van der Waals surface area contributed by atoms with Crippen LogP contribution in [0.25, 0.3) is 0 Å². The van der Waals surface area contributed by atoms with E-state index in [-0.39, 0.29) is 25.1 Å². The summed E-state index contributed by atoms with van der Waals surface area (Å²) in [6, 6.07) is 4.58. The van der Waals surface area contributed by atoms with Crippen molar-refractivity contribution in [2.45, 2.75) is 44.6 Å². The van der Waals surface area contributed by atoms with Crippen molar-refractivity contribution in [1.82, 2.24) is 5.32 Å². The molecule has 0 saturated heterocycles. The van der Waals surface area contributed by atoms with Crippen LogP contribution >= 0.6 is 15.9 Å². The second-order valence-electron chi connectivity index (χ2n) is 7.26. The van der Waals surface area contributed by atoms with E-state index in [2.05, 4.69) is 28.2 Å². The molecule has 7 heteroatoms. The standard InChI is InChI=1S/C21H21BrFNO4/c1-2-3-4-5-16-20-19(21(26)28-16)17(11-6-7-13(23)12(22)8-11)18-14(24-20)9-27-10-15(18)25/h6-8,16-17,24H,2-5,9-10H2,1H3/t16-,17-/m1/s1. The molecule has 0 unspecified atom stereocenters. The Kier molecular flexibility index (Phi) is 5.38. The summed E-state index contributed by atoms with van der Waals surface area (Å²) in [4.78, 5) is 25.5. The third kappa shape index (κ3) is 3.31. The van der Waals surface area contributed by atoms with Gasteiger partial charge < -0.3 is 14.8 Å². The number of cyclic esters (lactones) is 1. The van der Waals surface area contributed by atoms with Crippen LogP contribution < -0.4 is 5.32 Å². The summed E-state index contributed by atoms with van der Waals surface area (Å²) in [6.45, 7) is 2.36. The first kappa shape index (κ1) is 19.3. The first-order valence-electron chi connectivity index (χ1n) is 9.52. The molecule has 3 aliphatic heterocycles. The van der Waals surface area contributed by atoms with E-state index in [9.17, 15) is 14.0 Å². The van der Waals surface area contributed by atoms with Crippen molar-refractivity contribution in [3.8, 4) is 0 Å². The molecule has 0 fully saturated rings. The summed E-state index contributed by atoms with van der Waals surface area (Å²) >= 11 is 3.21. The molecule has 148 valence electrons. The minimum absolute atomic E-state index is 0.0308. The molecule has 4 rings (SSSR count). The van der Waals surface area contributed by atoms with Crippen LogP contribution in [-0.4, -0.2) is 31.1 Å². The SMILES string of the molecule is CCCCC[C@H]1OC(=O)C2=C1NC1=C(C(=O)COC1)[C@H]2c1ccc(F)c(Br)c1. The van der Waals surface area contributed by atoms with Crippen LogP contribution in [-0.2, 0) is 19.1 Å². The number of rotatable bonds is 5. The van der Waals surface area contributed by atoms with Crippen LogP contribution in [0.5, 0.6) is 0 Å². The normalized spacial score (nSPS) is 24.1. The first-order chi connectivity index (χ1) is 13.5. The molecule has 0 radical (unpaired) electrons. The monoisotopic (exact) mass is 449 g/mol. The van der Waals surface area contributed by atoms with Crippen molar-refractivity contribution < 1.29 is 23.5 Å². The molecule has 1 aromatic carbocycles. The molecule has 0 saturated carbocycles. The molecule has 5 nitrogen and oxygen atoms in total. The highest BCUT2D eigenvalue weighted by atomic mass is 79.9. The van der Waals surface area contributed by atoms with Gasteiger partial charge >= 0.3 is 5.97 Å². The van der Waals surface area contributed by atoms with Crippen molar-refractivity contribution in [2.24, 2.45) is 0 Å². The average Bonchev–Trinajstić information content (AvgIpc) is 2.98. The second-order valence-corrected chi connectivity index (χ2v) is 8.11. The number of dihydropyridines is 1. The van der Waals surface area contributed by atoms with Gasteiger partial charge in [-0.25, -0.2) is 9.18 Å². The van der Waals surface area contributed by atoms with E-state index >= 15 is 0 Å². The fourth-order valence-electron chi connectivity index (χ4n) is 4.08. The Hall–Kier alpha value is -1.99. The third-order valence-corrected chi connectivity index (χ3v) is 6.00. The molecule has 0 bridgehead atoms. The van der Waals surface area contributed by atoms with Crippen LogP contribution in [0.2, 0.25) is 0 Å². The zero-order chi connectivity index (χ0) is 19.8. The van der Waals surface area contributed by atoms with Crippen LogP contribution in [0.15, 0.2) is 45.2 Å². The Labute approximate surface area is 171 Å². The number of hydrogen-bond acceptors (Lipinski definition) is 5. The number of halogens is 2. The number of hydrogen-bond donors (Lipinski definition) is 1. The van der Waals surface area contributed by atoms with Gasteiger partial charge in [0.15, 0.2) is 5.78 Å². The summed E-state index contributed by atoms with van der Waals surface area (Å²) in [5.41, 5.74) is 3.02. The van der Waals surface area contributed by atoms with Gasteiger partial charge in [-0.15, -0.1) is 0 Å². The average molecular weight is 450 g/mol. The number of ketones is 1. The van der Waals surface area contributed by atoms with Gasteiger partial charge in [0, 0.05) is 17.2 Å². The zero-order valence-electron chi connectivity index (χ0n) is 15.5. The van der Waals surface area contributed by atoms with Crippen LogP contribution in [0.1, 0.15) is 44.1 Å².